The van der Waals surface area contributed by atoms with Crippen molar-refractivity contribution in [3.05, 3.63) is 0 Å². The van der Waals surface area contributed by atoms with Crippen LogP contribution in [0.2, 0.25) is 0 Å². The molecule has 0 aromatic rings. The lowest BCUT2D eigenvalue weighted by molar-refractivity contribution is -0.120. The van der Waals surface area contributed by atoms with Gasteiger partial charge < -0.3 is 10.6 Å². The average Bonchev–Trinajstić information content (AvgIpc) is 2.88. The molecule has 2 N–H and O–H groups in total. The van der Waals surface area contributed by atoms with E-state index in [4.69, 9.17) is 0 Å². The topological polar surface area (TPSA) is 41.1 Å². The van der Waals surface area contributed by atoms with Gasteiger partial charge in [-0.2, -0.15) is 11.8 Å². The van der Waals surface area contributed by atoms with Gasteiger partial charge in [-0.1, -0.05) is 6.92 Å². The number of thioether (sulfide) groups is 1. The van der Waals surface area contributed by atoms with Crippen LogP contribution in [0.1, 0.15) is 19.8 Å². The van der Waals surface area contributed by atoms with Crippen molar-refractivity contribution in [1.82, 2.24) is 10.6 Å². The van der Waals surface area contributed by atoms with Gasteiger partial charge >= 0.3 is 0 Å². The van der Waals surface area contributed by atoms with E-state index >= 15 is 0 Å². The second-order valence-corrected chi connectivity index (χ2v) is 4.94. The van der Waals surface area contributed by atoms with Crippen molar-refractivity contribution < 1.29 is 4.79 Å². The molecule has 1 aliphatic carbocycles. The van der Waals surface area contributed by atoms with Crippen LogP contribution in [0.15, 0.2) is 0 Å². The summed E-state index contributed by atoms with van der Waals surface area (Å²) in [6.45, 7) is 3.59. The molecular weight excluding hydrogens is 196 g/mol. The molecule has 1 atom stereocenters. The standard InChI is InChI=1S/C10H20N2OS/c1-8(7-14-2)5-11-6-10(13)12-9-3-4-9/h8-9,11H,3-7H2,1-2H3,(H,12,13). The molecule has 3 nitrogen and oxygen atoms in total. The maximum absolute atomic E-state index is 11.3. The van der Waals surface area contributed by atoms with Crippen LogP contribution in [0.5, 0.6) is 0 Å². The van der Waals surface area contributed by atoms with Crippen LogP contribution < -0.4 is 10.6 Å². The SMILES string of the molecule is CSCC(C)CNCC(=O)NC1CC1. The number of nitrogens with one attached hydrogen (secondary N) is 2. The zero-order valence-corrected chi connectivity index (χ0v) is 9.82. The minimum atomic E-state index is 0.142. The van der Waals surface area contributed by atoms with Gasteiger partial charge in [0, 0.05) is 6.04 Å². The molecule has 1 rings (SSSR count). The average molecular weight is 216 g/mol. The molecule has 0 radical (unpaired) electrons. The maximum Gasteiger partial charge on any atom is 0.234 e. The van der Waals surface area contributed by atoms with Crippen LogP contribution in [0.25, 0.3) is 0 Å². The normalized spacial score (nSPS) is 17.9. The molecule has 0 bridgehead atoms. The molecule has 1 unspecified atom stereocenters. The quantitative estimate of drug-likeness (QED) is 0.663. The summed E-state index contributed by atoms with van der Waals surface area (Å²) < 4.78 is 0. The van der Waals surface area contributed by atoms with Crippen molar-refractivity contribution in [3.8, 4) is 0 Å². The van der Waals surface area contributed by atoms with Gasteiger partial charge in [-0.15, -0.1) is 0 Å². The number of rotatable bonds is 7. The summed E-state index contributed by atoms with van der Waals surface area (Å²) >= 11 is 1.85. The Morgan fingerprint density at radius 2 is 2.29 bits per heavy atom. The van der Waals surface area contributed by atoms with E-state index in [0.29, 0.717) is 18.5 Å². The zero-order chi connectivity index (χ0) is 10.4. The summed E-state index contributed by atoms with van der Waals surface area (Å²) in [5.41, 5.74) is 0. The monoisotopic (exact) mass is 216 g/mol. The minimum absolute atomic E-state index is 0.142. The van der Waals surface area contributed by atoms with Crippen molar-refractivity contribution in [1.29, 1.82) is 0 Å². The molecule has 1 amide bonds. The first kappa shape index (κ1) is 11.9. The summed E-state index contributed by atoms with van der Waals surface area (Å²) in [5, 5.41) is 6.13. The summed E-state index contributed by atoms with van der Waals surface area (Å²) in [6.07, 6.45) is 4.43. The summed E-state index contributed by atoms with van der Waals surface area (Å²) in [6, 6.07) is 0.480. The first-order valence-corrected chi connectivity index (χ1v) is 6.60. The lowest BCUT2D eigenvalue weighted by atomic mass is 10.2. The second-order valence-electron chi connectivity index (χ2n) is 4.03. The Balaban J connectivity index is 1.93. The van der Waals surface area contributed by atoms with Crippen molar-refractivity contribution in [2.45, 2.75) is 25.8 Å². The van der Waals surface area contributed by atoms with E-state index in [0.717, 1.165) is 25.1 Å². The van der Waals surface area contributed by atoms with Gasteiger partial charge in [0.25, 0.3) is 0 Å². The number of amides is 1. The maximum atomic E-state index is 11.3. The van der Waals surface area contributed by atoms with Gasteiger partial charge in [-0.3, -0.25) is 4.79 Å². The van der Waals surface area contributed by atoms with E-state index in [2.05, 4.69) is 23.8 Å². The van der Waals surface area contributed by atoms with Crippen LogP contribution in [0.4, 0.5) is 0 Å². The first-order valence-electron chi connectivity index (χ1n) is 5.21. The molecule has 1 fully saturated rings. The molecular formula is C10H20N2OS. The van der Waals surface area contributed by atoms with E-state index in [-0.39, 0.29) is 5.91 Å². The van der Waals surface area contributed by atoms with Gasteiger partial charge in [-0.25, -0.2) is 0 Å². The lowest BCUT2D eigenvalue weighted by Crippen LogP contribution is -2.36. The lowest BCUT2D eigenvalue weighted by Gasteiger charge is -2.10. The van der Waals surface area contributed by atoms with Gasteiger partial charge in [0.15, 0.2) is 0 Å². The smallest absolute Gasteiger partial charge is 0.234 e. The fraction of sp³-hybridized carbons (Fsp3) is 0.900. The molecule has 1 aliphatic rings. The molecule has 0 aromatic heterocycles. The largest absolute Gasteiger partial charge is 0.352 e. The van der Waals surface area contributed by atoms with Crippen LogP contribution in [0.3, 0.4) is 0 Å². The van der Waals surface area contributed by atoms with Crippen LogP contribution >= 0.6 is 11.8 Å². The highest BCUT2D eigenvalue weighted by atomic mass is 32.2. The Morgan fingerprint density at radius 3 is 2.86 bits per heavy atom. The molecule has 0 saturated heterocycles. The van der Waals surface area contributed by atoms with E-state index in [9.17, 15) is 4.79 Å². The van der Waals surface area contributed by atoms with Gasteiger partial charge in [0.1, 0.15) is 0 Å². The highest BCUT2D eigenvalue weighted by molar-refractivity contribution is 7.98. The highest BCUT2D eigenvalue weighted by Gasteiger charge is 2.22. The highest BCUT2D eigenvalue weighted by Crippen LogP contribution is 2.18. The van der Waals surface area contributed by atoms with E-state index in [1.165, 1.54) is 0 Å². The van der Waals surface area contributed by atoms with Gasteiger partial charge in [-0.05, 0) is 37.3 Å². The zero-order valence-electron chi connectivity index (χ0n) is 9.01. The first-order chi connectivity index (χ1) is 6.72. The fourth-order valence-electron chi connectivity index (χ4n) is 1.28. The Kier molecular flexibility index (Phi) is 5.33. The number of carbonyl (C=O) groups is 1. The number of carbonyl (C=O) groups excluding carboxylic acids is 1. The third-order valence-corrected chi connectivity index (χ3v) is 3.07. The van der Waals surface area contributed by atoms with Gasteiger partial charge in [0.2, 0.25) is 5.91 Å². The Hall–Kier alpha value is -0.220. The van der Waals surface area contributed by atoms with Crippen LogP contribution in [-0.4, -0.2) is 37.0 Å². The summed E-state index contributed by atoms with van der Waals surface area (Å²) in [4.78, 5) is 11.3. The van der Waals surface area contributed by atoms with Crippen molar-refractivity contribution >= 4 is 17.7 Å². The van der Waals surface area contributed by atoms with Gasteiger partial charge in [0.05, 0.1) is 6.54 Å². The molecule has 0 heterocycles. The molecule has 0 spiro atoms. The van der Waals surface area contributed by atoms with Crippen LogP contribution in [0, 0.1) is 5.92 Å². The molecule has 82 valence electrons. The van der Waals surface area contributed by atoms with Crippen molar-refractivity contribution in [3.63, 3.8) is 0 Å². The predicted molar refractivity (Wildman–Crippen MR) is 61.6 cm³/mol. The third-order valence-electron chi connectivity index (χ3n) is 2.17. The summed E-state index contributed by atoms with van der Waals surface area (Å²) in [5.74, 6) is 1.93. The van der Waals surface area contributed by atoms with Crippen molar-refractivity contribution in [2.24, 2.45) is 5.92 Å². The Labute approximate surface area is 90.4 Å². The Morgan fingerprint density at radius 1 is 1.57 bits per heavy atom. The predicted octanol–water partition coefficient (Wildman–Crippen LogP) is 0.854. The second kappa shape index (κ2) is 6.30. The fourth-order valence-corrected chi connectivity index (χ4v) is 1.97. The van der Waals surface area contributed by atoms with E-state index in [1.807, 2.05) is 11.8 Å². The van der Waals surface area contributed by atoms with E-state index in [1.54, 1.807) is 0 Å². The molecule has 0 aliphatic heterocycles. The van der Waals surface area contributed by atoms with E-state index < -0.39 is 0 Å². The Bertz CT molecular complexity index is 183. The molecule has 1 saturated carbocycles. The molecule has 14 heavy (non-hydrogen) atoms. The van der Waals surface area contributed by atoms with Crippen LogP contribution in [-0.2, 0) is 4.79 Å². The number of hydrogen-bond acceptors (Lipinski definition) is 3. The minimum Gasteiger partial charge on any atom is -0.352 e. The molecule has 4 heteroatoms. The number of hydrogen-bond donors (Lipinski definition) is 2. The molecule has 0 aromatic carbocycles. The van der Waals surface area contributed by atoms with Crippen molar-refractivity contribution in [2.75, 3.05) is 25.1 Å². The third kappa shape index (κ3) is 5.50. The summed E-state index contributed by atoms with van der Waals surface area (Å²) in [7, 11) is 0.